The molecule has 0 spiro atoms. The SMILES string of the molecule is CC[C@H]1NC(=O)N(c2cnc(Oc3ccc(C#N)cc3C(C)(C)C)nc2)C1O. The van der Waals surface area contributed by atoms with E-state index in [1.165, 1.54) is 17.3 Å². The fraction of sp³-hybridized carbons (Fsp3) is 0.400. The fourth-order valence-electron chi connectivity index (χ4n) is 3.05. The van der Waals surface area contributed by atoms with E-state index in [2.05, 4.69) is 21.4 Å². The van der Waals surface area contributed by atoms with Gasteiger partial charge in [0.2, 0.25) is 0 Å². The second kappa shape index (κ2) is 7.44. The summed E-state index contributed by atoms with van der Waals surface area (Å²) in [7, 11) is 0. The zero-order chi connectivity index (χ0) is 20.5. The Morgan fingerprint density at radius 1 is 1.32 bits per heavy atom. The van der Waals surface area contributed by atoms with Crippen LogP contribution in [0.2, 0.25) is 0 Å². The number of hydrogen-bond acceptors (Lipinski definition) is 6. The van der Waals surface area contributed by atoms with Gasteiger partial charge in [0.15, 0.2) is 6.23 Å². The monoisotopic (exact) mass is 381 g/mol. The Labute approximate surface area is 163 Å². The largest absolute Gasteiger partial charge is 0.424 e. The highest BCUT2D eigenvalue weighted by Gasteiger charge is 2.38. The van der Waals surface area contributed by atoms with Crippen molar-refractivity contribution < 1.29 is 14.6 Å². The van der Waals surface area contributed by atoms with Gasteiger partial charge in [-0.2, -0.15) is 5.26 Å². The molecule has 8 heteroatoms. The van der Waals surface area contributed by atoms with E-state index in [1.54, 1.807) is 18.2 Å². The fourth-order valence-corrected chi connectivity index (χ4v) is 3.05. The van der Waals surface area contributed by atoms with Gasteiger partial charge in [-0.25, -0.2) is 14.8 Å². The minimum atomic E-state index is -0.973. The summed E-state index contributed by atoms with van der Waals surface area (Å²) in [6, 6.07) is 6.71. The van der Waals surface area contributed by atoms with E-state index in [1.807, 2.05) is 27.7 Å². The van der Waals surface area contributed by atoms with Crippen molar-refractivity contribution in [3.63, 3.8) is 0 Å². The van der Waals surface area contributed by atoms with Gasteiger partial charge in [-0.15, -0.1) is 0 Å². The maximum Gasteiger partial charge on any atom is 0.324 e. The van der Waals surface area contributed by atoms with Crippen LogP contribution < -0.4 is 15.0 Å². The number of aromatic nitrogens is 2. The van der Waals surface area contributed by atoms with Crippen molar-refractivity contribution in [1.29, 1.82) is 5.26 Å². The first-order valence-corrected chi connectivity index (χ1v) is 9.07. The van der Waals surface area contributed by atoms with Crippen LogP contribution in [0.15, 0.2) is 30.6 Å². The first-order chi connectivity index (χ1) is 13.2. The Morgan fingerprint density at radius 3 is 2.54 bits per heavy atom. The van der Waals surface area contributed by atoms with Crippen LogP contribution in [-0.4, -0.2) is 33.4 Å². The van der Waals surface area contributed by atoms with Gasteiger partial charge in [0.1, 0.15) is 5.75 Å². The van der Waals surface area contributed by atoms with Crippen molar-refractivity contribution in [3.8, 4) is 17.8 Å². The standard InChI is InChI=1S/C20H23N5O3/c1-5-15-17(26)25(19(27)24-15)13-10-22-18(23-11-13)28-16-7-6-12(9-21)8-14(16)20(2,3)4/h6-8,10-11,15,17,26H,5H2,1-4H3,(H,24,27)/t15-,17?/m1/s1. The van der Waals surface area contributed by atoms with E-state index in [0.717, 1.165) is 5.56 Å². The molecule has 3 rings (SSSR count). The lowest BCUT2D eigenvalue weighted by atomic mass is 9.85. The third kappa shape index (κ3) is 3.75. The molecule has 2 heterocycles. The van der Waals surface area contributed by atoms with E-state index in [9.17, 15) is 9.90 Å². The van der Waals surface area contributed by atoms with Crippen molar-refractivity contribution in [2.45, 2.75) is 51.8 Å². The van der Waals surface area contributed by atoms with Gasteiger partial charge in [-0.3, -0.25) is 4.90 Å². The number of rotatable bonds is 4. The summed E-state index contributed by atoms with van der Waals surface area (Å²) in [6.07, 6.45) is 2.51. The third-order valence-electron chi connectivity index (χ3n) is 4.60. The Balaban J connectivity index is 1.84. The topological polar surface area (TPSA) is 111 Å². The van der Waals surface area contributed by atoms with Crippen LogP contribution >= 0.6 is 0 Å². The average molecular weight is 381 g/mol. The summed E-state index contributed by atoms with van der Waals surface area (Å²) in [6.45, 7) is 7.96. The molecule has 0 aliphatic carbocycles. The van der Waals surface area contributed by atoms with Gasteiger partial charge in [-0.05, 0) is 30.0 Å². The Hall–Kier alpha value is -3.18. The predicted octanol–water partition coefficient (Wildman–Crippen LogP) is 3.06. The highest BCUT2D eigenvalue weighted by Crippen LogP contribution is 2.34. The van der Waals surface area contributed by atoms with Crippen molar-refractivity contribution in [2.75, 3.05) is 4.90 Å². The van der Waals surface area contributed by atoms with E-state index in [-0.39, 0.29) is 17.5 Å². The summed E-state index contributed by atoms with van der Waals surface area (Å²) < 4.78 is 5.84. The van der Waals surface area contributed by atoms with E-state index in [4.69, 9.17) is 10.00 Å². The number of aliphatic hydroxyl groups is 1. The molecule has 1 aliphatic heterocycles. The Bertz CT molecular complexity index is 915. The highest BCUT2D eigenvalue weighted by molar-refractivity contribution is 5.94. The smallest absolute Gasteiger partial charge is 0.324 e. The number of nitrogens with zero attached hydrogens (tertiary/aromatic N) is 4. The third-order valence-corrected chi connectivity index (χ3v) is 4.60. The van der Waals surface area contributed by atoms with E-state index in [0.29, 0.717) is 23.4 Å². The van der Waals surface area contributed by atoms with Crippen LogP contribution in [0, 0.1) is 11.3 Å². The lowest BCUT2D eigenvalue weighted by Crippen LogP contribution is -2.36. The number of carbonyl (C=O) groups excluding carboxylic acids is 1. The van der Waals surface area contributed by atoms with Gasteiger partial charge < -0.3 is 15.2 Å². The van der Waals surface area contributed by atoms with Crippen LogP contribution in [0.25, 0.3) is 0 Å². The summed E-state index contributed by atoms with van der Waals surface area (Å²) >= 11 is 0. The van der Waals surface area contributed by atoms with Crippen LogP contribution in [-0.2, 0) is 5.41 Å². The second-order valence-electron chi connectivity index (χ2n) is 7.65. The van der Waals surface area contributed by atoms with Gasteiger partial charge in [0.25, 0.3) is 0 Å². The number of anilines is 1. The summed E-state index contributed by atoms with van der Waals surface area (Å²) in [4.78, 5) is 21.7. The number of hydrogen-bond donors (Lipinski definition) is 2. The van der Waals surface area contributed by atoms with Crippen molar-refractivity contribution in [2.24, 2.45) is 0 Å². The van der Waals surface area contributed by atoms with Gasteiger partial charge in [0, 0.05) is 5.56 Å². The van der Waals surface area contributed by atoms with Gasteiger partial charge in [0.05, 0.1) is 35.8 Å². The van der Waals surface area contributed by atoms with Crippen LogP contribution in [0.5, 0.6) is 11.8 Å². The molecule has 1 aromatic carbocycles. The number of ether oxygens (including phenoxy) is 1. The Kier molecular flexibility index (Phi) is 5.21. The molecule has 2 atom stereocenters. The minimum absolute atomic E-state index is 0.111. The number of amides is 2. The summed E-state index contributed by atoms with van der Waals surface area (Å²) in [5.74, 6) is 0.559. The molecule has 0 bridgehead atoms. The molecule has 0 saturated carbocycles. The van der Waals surface area contributed by atoms with Gasteiger partial charge in [-0.1, -0.05) is 27.7 Å². The summed E-state index contributed by atoms with van der Waals surface area (Å²) in [5.41, 5.74) is 1.55. The van der Waals surface area contributed by atoms with Crippen molar-refractivity contribution in [3.05, 3.63) is 41.7 Å². The number of nitrogens with one attached hydrogen (secondary N) is 1. The molecular weight excluding hydrogens is 358 g/mol. The number of benzene rings is 1. The second-order valence-corrected chi connectivity index (χ2v) is 7.65. The van der Waals surface area contributed by atoms with Crippen molar-refractivity contribution in [1.82, 2.24) is 15.3 Å². The molecule has 1 aromatic heterocycles. The first kappa shape index (κ1) is 19.6. The zero-order valence-electron chi connectivity index (χ0n) is 16.3. The lowest BCUT2D eigenvalue weighted by Gasteiger charge is -2.23. The molecule has 2 amide bonds. The maximum absolute atomic E-state index is 12.1. The molecule has 0 radical (unpaired) electrons. The maximum atomic E-state index is 12.1. The van der Waals surface area contributed by atoms with Crippen LogP contribution in [0.3, 0.4) is 0 Å². The van der Waals surface area contributed by atoms with Gasteiger partial charge >= 0.3 is 12.0 Å². The highest BCUT2D eigenvalue weighted by atomic mass is 16.5. The molecule has 2 N–H and O–H groups in total. The number of urea groups is 1. The quantitative estimate of drug-likeness (QED) is 0.842. The molecule has 1 aliphatic rings. The van der Waals surface area contributed by atoms with E-state index < -0.39 is 12.3 Å². The molecule has 2 aromatic rings. The molecular formula is C20H23N5O3. The Morgan fingerprint density at radius 2 is 2.00 bits per heavy atom. The lowest BCUT2D eigenvalue weighted by molar-refractivity contribution is 0.159. The number of carbonyl (C=O) groups is 1. The number of aliphatic hydroxyl groups excluding tert-OH is 1. The van der Waals surface area contributed by atoms with Crippen LogP contribution in [0.4, 0.5) is 10.5 Å². The van der Waals surface area contributed by atoms with Crippen molar-refractivity contribution >= 4 is 11.7 Å². The molecule has 1 fully saturated rings. The molecule has 1 saturated heterocycles. The minimum Gasteiger partial charge on any atom is -0.424 e. The molecule has 1 unspecified atom stereocenters. The first-order valence-electron chi connectivity index (χ1n) is 9.07. The average Bonchev–Trinajstić information content (AvgIpc) is 2.95. The molecule has 28 heavy (non-hydrogen) atoms. The van der Waals surface area contributed by atoms with Crippen LogP contribution in [0.1, 0.15) is 45.2 Å². The normalized spacial score (nSPS) is 19.3. The molecule has 8 nitrogen and oxygen atoms in total. The number of nitriles is 1. The zero-order valence-corrected chi connectivity index (χ0v) is 16.3. The summed E-state index contributed by atoms with van der Waals surface area (Å²) in [5, 5.41) is 22.1. The van der Waals surface area contributed by atoms with E-state index >= 15 is 0 Å². The molecule has 146 valence electrons. The predicted molar refractivity (Wildman–Crippen MR) is 103 cm³/mol.